The van der Waals surface area contributed by atoms with E-state index in [9.17, 15) is 43.6 Å². The fraction of sp³-hybridized carbons (Fsp3) is 0.333. The van der Waals surface area contributed by atoms with Crippen molar-refractivity contribution in [2.24, 2.45) is 5.73 Å². The van der Waals surface area contributed by atoms with E-state index in [1.54, 1.807) is 6.07 Å². The highest BCUT2D eigenvalue weighted by Crippen LogP contribution is 2.37. The predicted molar refractivity (Wildman–Crippen MR) is 134 cm³/mol. The Morgan fingerprint density at radius 2 is 2.00 bits per heavy atom. The molecule has 1 fully saturated rings. The molecular formula is C24H25BFN5O9. The van der Waals surface area contributed by atoms with Gasteiger partial charge < -0.3 is 35.8 Å². The quantitative estimate of drug-likeness (QED) is 0.205. The summed E-state index contributed by atoms with van der Waals surface area (Å²) in [5.74, 6) is -6.88. The molecule has 40 heavy (non-hydrogen) atoms. The minimum atomic E-state index is -1.78. The van der Waals surface area contributed by atoms with Crippen LogP contribution < -0.4 is 15.7 Å². The summed E-state index contributed by atoms with van der Waals surface area (Å²) in [5, 5.41) is 31.7. The number of aromatic hydroxyl groups is 1. The summed E-state index contributed by atoms with van der Waals surface area (Å²) in [6.45, 7) is 0.00270. The number of urea groups is 1. The lowest BCUT2D eigenvalue weighted by molar-refractivity contribution is -0.153. The zero-order chi connectivity index (χ0) is 29.1. The van der Waals surface area contributed by atoms with Crippen LogP contribution in [0.25, 0.3) is 0 Å². The minimum absolute atomic E-state index is 0.00295. The van der Waals surface area contributed by atoms with E-state index in [1.165, 1.54) is 17.0 Å². The Hall–Kier alpha value is -4.57. The molecule has 0 radical (unpaired) electrons. The van der Waals surface area contributed by atoms with Gasteiger partial charge in [-0.25, -0.2) is 14.0 Å². The fourth-order valence-corrected chi connectivity index (χ4v) is 4.59. The number of pyridine rings is 1. The van der Waals surface area contributed by atoms with Gasteiger partial charge in [0.15, 0.2) is 11.6 Å². The van der Waals surface area contributed by atoms with Gasteiger partial charge in [0, 0.05) is 44.5 Å². The summed E-state index contributed by atoms with van der Waals surface area (Å²) in [7, 11) is -1.61. The number of nitrogens with two attached hydrogens (primary N) is 1. The van der Waals surface area contributed by atoms with E-state index < -0.39 is 72.3 Å². The molecule has 14 nitrogen and oxygen atoms in total. The van der Waals surface area contributed by atoms with Gasteiger partial charge in [-0.05, 0) is 18.1 Å². The van der Waals surface area contributed by atoms with Crippen molar-refractivity contribution in [3.8, 4) is 11.5 Å². The third-order valence-electron chi connectivity index (χ3n) is 6.59. The maximum Gasteiger partial charge on any atom is 0.526 e. The molecule has 1 aromatic heterocycles. The van der Waals surface area contributed by atoms with Crippen LogP contribution in [0.4, 0.5) is 9.18 Å². The van der Waals surface area contributed by atoms with Crippen molar-refractivity contribution in [2.75, 3.05) is 26.2 Å². The maximum atomic E-state index is 14.8. The fourth-order valence-electron chi connectivity index (χ4n) is 4.59. The molecule has 4 amide bonds. The lowest BCUT2D eigenvalue weighted by Crippen LogP contribution is -2.59. The van der Waals surface area contributed by atoms with Gasteiger partial charge in [0.1, 0.15) is 23.2 Å². The molecule has 0 bridgehead atoms. The van der Waals surface area contributed by atoms with E-state index >= 15 is 0 Å². The number of carboxylic acids is 1. The number of imide groups is 1. The van der Waals surface area contributed by atoms with Crippen LogP contribution in [0.2, 0.25) is 5.82 Å². The summed E-state index contributed by atoms with van der Waals surface area (Å²) >= 11 is 0. The van der Waals surface area contributed by atoms with Crippen molar-refractivity contribution >= 4 is 36.7 Å². The zero-order valence-electron chi connectivity index (χ0n) is 20.9. The number of nitrogens with zero attached hydrogens (tertiary/aromatic N) is 3. The van der Waals surface area contributed by atoms with Crippen LogP contribution in [-0.2, 0) is 20.8 Å². The number of aromatic carboxylic acids is 1. The first kappa shape index (κ1) is 28.4. The Bertz CT molecular complexity index is 1380. The number of aromatic nitrogens is 1. The highest BCUT2D eigenvalue weighted by molar-refractivity contribution is 6.47. The first-order valence-electron chi connectivity index (χ1n) is 12.2. The van der Waals surface area contributed by atoms with Crippen molar-refractivity contribution < 1.29 is 48.3 Å². The molecular weight excluding hydrogens is 532 g/mol. The number of ketones is 1. The standard InChI is InChI=1S/C24H25BFN5O9/c26-16-10-14(32)11-28-18(16)19(29-24(38)31-7-6-30(5-4-27)21(34)22(31)35)17(33)9-13-8-12-2-1-3-15(23(36)37)20(12)40-25(13)39/h1-3,10-11,13,19,32,39H,4-9,27H2,(H,29,38)(H,36,37)/t13-,19+/m1/s1. The average Bonchev–Trinajstić information content (AvgIpc) is 2.90. The zero-order valence-corrected chi connectivity index (χ0v) is 20.9. The molecule has 3 heterocycles. The maximum absolute atomic E-state index is 14.8. The minimum Gasteiger partial charge on any atom is -0.535 e. The molecule has 16 heteroatoms. The number of carboxylic acid groups (broad SMARTS) is 1. The van der Waals surface area contributed by atoms with Gasteiger partial charge in [-0.3, -0.25) is 24.3 Å². The van der Waals surface area contributed by atoms with Crippen molar-refractivity contribution in [1.29, 1.82) is 0 Å². The molecule has 2 aliphatic rings. The van der Waals surface area contributed by atoms with Gasteiger partial charge >= 0.3 is 30.9 Å². The van der Waals surface area contributed by atoms with Gasteiger partial charge in [0.25, 0.3) is 0 Å². The van der Waals surface area contributed by atoms with E-state index in [2.05, 4.69) is 10.3 Å². The van der Waals surface area contributed by atoms with E-state index in [0.29, 0.717) is 16.5 Å². The summed E-state index contributed by atoms with van der Waals surface area (Å²) in [4.78, 5) is 68.3. The van der Waals surface area contributed by atoms with Gasteiger partial charge in [-0.1, -0.05) is 12.1 Å². The topological polar surface area (TPSA) is 213 Å². The second-order valence-electron chi connectivity index (χ2n) is 9.22. The second-order valence-corrected chi connectivity index (χ2v) is 9.22. The Morgan fingerprint density at radius 1 is 1.25 bits per heavy atom. The first-order valence-corrected chi connectivity index (χ1v) is 12.2. The molecule has 2 aromatic rings. The van der Waals surface area contributed by atoms with Crippen molar-refractivity contribution in [1.82, 2.24) is 20.1 Å². The molecule has 6 N–H and O–H groups in total. The van der Waals surface area contributed by atoms with Crippen molar-refractivity contribution in [2.45, 2.75) is 24.7 Å². The normalized spacial score (nSPS) is 17.7. The third-order valence-corrected chi connectivity index (χ3v) is 6.59. The third kappa shape index (κ3) is 5.72. The highest BCUT2D eigenvalue weighted by Gasteiger charge is 2.42. The van der Waals surface area contributed by atoms with Crippen LogP contribution in [0.15, 0.2) is 30.5 Å². The number of rotatable bonds is 8. The number of halogens is 1. The second kappa shape index (κ2) is 11.7. The van der Waals surface area contributed by atoms with E-state index in [1.807, 2.05) is 0 Å². The van der Waals surface area contributed by atoms with Gasteiger partial charge in [-0.2, -0.15) is 0 Å². The molecule has 4 rings (SSSR count). The summed E-state index contributed by atoms with van der Waals surface area (Å²) in [6.07, 6.45) is 0.390. The highest BCUT2D eigenvalue weighted by atomic mass is 19.1. The van der Waals surface area contributed by atoms with Crippen molar-refractivity contribution in [3.63, 3.8) is 0 Å². The Morgan fingerprint density at radius 3 is 2.67 bits per heavy atom. The number of benzene rings is 1. The molecule has 1 saturated heterocycles. The van der Waals surface area contributed by atoms with E-state index in [0.717, 1.165) is 6.20 Å². The van der Waals surface area contributed by atoms with Crippen molar-refractivity contribution in [3.05, 3.63) is 53.1 Å². The number of Topliss-reactive ketones (excluding diaryl/α,β-unsaturated/α-hetero) is 1. The van der Waals surface area contributed by atoms with Crippen LogP contribution in [0.1, 0.15) is 34.1 Å². The van der Waals surface area contributed by atoms with Crippen LogP contribution in [0.5, 0.6) is 11.5 Å². The lowest BCUT2D eigenvalue weighted by Gasteiger charge is -2.33. The molecule has 210 valence electrons. The molecule has 2 aliphatic heterocycles. The number of hydrogen-bond donors (Lipinski definition) is 5. The van der Waals surface area contributed by atoms with Gasteiger partial charge in [0.05, 0.1) is 11.8 Å². The molecule has 1 aromatic carbocycles. The average molecular weight is 557 g/mol. The van der Waals surface area contributed by atoms with Crippen LogP contribution >= 0.6 is 0 Å². The largest absolute Gasteiger partial charge is 0.535 e. The summed E-state index contributed by atoms with van der Waals surface area (Å²) in [5.41, 5.74) is 5.10. The smallest absolute Gasteiger partial charge is 0.526 e. The van der Waals surface area contributed by atoms with Gasteiger partial charge in [-0.15, -0.1) is 0 Å². The predicted octanol–water partition coefficient (Wildman–Crippen LogP) is -0.550. The van der Waals surface area contributed by atoms with Crippen LogP contribution in [0.3, 0.4) is 0 Å². The molecule has 2 atom stereocenters. The van der Waals surface area contributed by atoms with E-state index in [4.69, 9.17) is 10.4 Å². The Kier molecular flexibility index (Phi) is 8.30. The Labute approximate surface area is 226 Å². The lowest BCUT2D eigenvalue weighted by atomic mass is 9.64. The number of piperazine rings is 1. The number of para-hydroxylation sites is 1. The number of nitrogens with one attached hydrogen (secondary N) is 1. The number of fused-ring (bicyclic) bond motifs is 1. The number of hydrogen-bond acceptors (Lipinski definition) is 10. The number of carbonyl (C=O) groups is 5. The monoisotopic (exact) mass is 557 g/mol. The number of amides is 4. The molecule has 0 spiro atoms. The molecule has 0 unspecified atom stereocenters. The Balaban J connectivity index is 1.57. The molecule has 0 saturated carbocycles. The van der Waals surface area contributed by atoms with Crippen LogP contribution in [0, 0.1) is 5.82 Å². The van der Waals surface area contributed by atoms with E-state index in [-0.39, 0.29) is 43.9 Å². The number of carbonyl (C=O) groups excluding carboxylic acids is 4. The van der Waals surface area contributed by atoms with Crippen LogP contribution in [-0.4, -0.2) is 92.9 Å². The summed E-state index contributed by atoms with van der Waals surface area (Å²) < 4.78 is 20.2. The molecule has 0 aliphatic carbocycles. The van der Waals surface area contributed by atoms with Gasteiger partial charge in [0.2, 0.25) is 0 Å². The first-order chi connectivity index (χ1) is 19.0. The summed E-state index contributed by atoms with van der Waals surface area (Å²) in [6, 6.07) is 2.08. The SMILES string of the molecule is NCCN1CCN(C(=O)N[C@@H](C(=O)C[C@H]2Cc3cccc(C(=O)O)c3OB2O)c2ncc(O)cc2F)C(=O)C1=O.